The lowest BCUT2D eigenvalue weighted by atomic mass is 9.92. The molecule has 11 heteroatoms. The van der Waals surface area contributed by atoms with Crippen molar-refractivity contribution in [1.82, 2.24) is 19.4 Å². The number of imide groups is 1. The minimum absolute atomic E-state index is 0.0800. The molecule has 3 aliphatic rings. The maximum Gasteiger partial charge on any atom is 0.325 e. The van der Waals surface area contributed by atoms with Crippen LogP contribution in [0.15, 0.2) is 53.4 Å². The average Bonchev–Trinajstić information content (AvgIpc) is 3.32. The van der Waals surface area contributed by atoms with E-state index in [-0.39, 0.29) is 10.6 Å². The summed E-state index contributed by atoms with van der Waals surface area (Å²) in [5.41, 5.74) is 0.914. The van der Waals surface area contributed by atoms with Gasteiger partial charge >= 0.3 is 6.03 Å². The van der Waals surface area contributed by atoms with Gasteiger partial charge in [0.2, 0.25) is 15.9 Å². The highest BCUT2D eigenvalue weighted by molar-refractivity contribution is 7.89. The fourth-order valence-corrected chi connectivity index (χ4v) is 6.46. The molecule has 0 saturated carbocycles. The second-order valence-corrected chi connectivity index (χ2v) is 11.1. The highest BCUT2D eigenvalue weighted by Crippen LogP contribution is 2.41. The minimum Gasteiger partial charge on any atom is -0.324 e. The molecule has 0 aromatic heterocycles. The van der Waals surface area contributed by atoms with Gasteiger partial charge in [0.05, 0.1) is 4.90 Å². The topological polar surface area (TPSA) is 119 Å². The Morgan fingerprint density at radius 3 is 2.57 bits per heavy atom. The molecule has 2 saturated heterocycles. The van der Waals surface area contributed by atoms with Gasteiger partial charge in [-0.25, -0.2) is 13.2 Å². The van der Waals surface area contributed by atoms with Gasteiger partial charge < -0.3 is 15.5 Å². The summed E-state index contributed by atoms with van der Waals surface area (Å²) < 4.78 is 27.5. The summed E-state index contributed by atoms with van der Waals surface area (Å²) in [6.07, 6.45) is 1.11. The molecule has 184 valence electrons. The Balaban J connectivity index is 1.28. The van der Waals surface area contributed by atoms with Crippen molar-refractivity contribution in [3.63, 3.8) is 0 Å². The van der Waals surface area contributed by atoms with Gasteiger partial charge in [0.15, 0.2) is 0 Å². The summed E-state index contributed by atoms with van der Waals surface area (Å²) in [6.45, 7) is 1.62. The van der Waals surface area contributed by atoms with Crippen LogP contribution in [0.2, 0.25) is 0 Å². The predicted octanol–water partition coefficient (Wildman–Crippen LogP) is 0.955. The number of benzene rings is 2. The maximum absolute atomic E-state index is 13.2. The van der Waals surface area contributed by atoms with Crippen molar-refractivity contribution in [2.24, 2.45) is 0 Å². The number of fused-ring (bicyclic) bond motifs is 2. The van der Waals surface area contributed by atoms with E-state index in [1.807, 2.05) is 31.3 Å². The van der Waals surface area contributed by atoms with E-state index >= 15 is 0 Å². The smallest absolute Gasteiger partial charge is 0.324 e. The monoisotopic (exact) mass is 497 g/mol. The molecule has 1 unspecified atom stereocenters. The quantitative estimate of drug-likeness (QED) is 0.594. The fraction of sp³-hybridized carbons (Fsp3) is 0.375. The number of urea groups is 1. The molecule has 2 aliphatic heterocycles. The number of anilines is 1. The number of nitrogens with one attached hydrogen (secondary N) is 2. The number of rotatable bonds is 5. The Morgan fingerprint density at radius 2 is 1.80 bits per heavy atom. The number of hydrogen-bond acceptors (Lipinski definition) is 6. The molecule has 1 aliphatic carbocycles. The molecule has 2 fully saturated rings. The third kappa shape index (κ3) is 4.09. The summed E-state index contributed by atoms with van der Waals surface area (Å²) in [6, 6.07) is 12.9. The predicted molar refractivity (Wildman–Crippen MR) is 128 cm³/mol. The van der Waals surface area contributed by atoms with Gasteiger partial charge in [-0.1, -0.05) is 30.3 Å². The van der Waals surface area contributed by atoms with Crippen LogP contribution in [-0.2, 0) is 31.6 Å². The first-order valence-corrected chi connectivity index (χ1v) is 13.0. The van der Waals surface area contributed by atoms with E-state index in [2.05, 4.69) is 15.5 Å². The van der Waals surface area contributed by atoms with Gasteiger partial charge in [-0.2, -0.15) is 4.31 Å². The number of carbonyl (C=O) groups is 3. The number of carbonyl (C=O) groups excluding carboxylic acids is 3. The highest BCUT2D eigenvalue weighted by Gasteiger charge is 2.55. The highest BCUT2D eigenvalue weighted by atomic mass is 32.2. The Hall–Kier alpha value is -3.28. The fourth-order valence-electron chi connectivity index (χ4n) is 4.99. The Kier molecular flexibility index (Phi) is 5.86. The van der Waals surface area contributed by atoms with Crippen LogP contribution in [0, 0.1) is 0 Å². The molecule has 10 nitrogen and oxygen atoms in total. The third-order valence-corrected chi connectivity index (χ3v) is 8.84. The number of piperazine rings is 1. The van der Waals surface area contributed by atoms with E-state index in [0.717, 1.165) is 16.0 Å². The van der Waals surface area contributed by atoms with Crippen molar-refractivity contribution in [1.29, 1.82) is 0 Å². The van der Waals surface area contributed by atoms with Crippen LogP contribution >= 0.6 is 0 Å². The summed E-state index contributed by atoms with van der Waals surface area (Å²) in [7, 11) is -1.76. The maximum atomic E-state index is 13.2. The molecule has 2 aromatic rings. The number of aryl methyl sites for hydroxylation is 1. The van der Waals surface area contributed by atoms with E-state index in [4.69, 9.17) is 0 Å². The molecule has 4 amide bonds. The lowest BCUT2D eigenvalue weighted by molar-refractivity contribution is -0.134. The summed E-state index contributed by atoms with van der Waals surface area (Å²) in [4.78, 5) is 41.7. The van der Waals surface area contributed by atoms with E-state index in [9.17, 15) is 22.8 Å². The molecule has 0 bridgehead atoms. The second-order valence-electron chi connectivity index (χ2n) is 9.17. The zero-order valence-electron chi connectivity index (χ0n) is 19.4. The van der Waals surface area contributed by atoms with Gasteiger partial charge in [-0.05, 0) is 49.2 Å². The number of likely N-dealkylation sites (N-methyl/N-ethyl adjacent to an activating group) is 1. The number of amides is 4. The second kappa shape index (κ2) is 8.74. The van der Waals surface area contributed by atoms with Crippen LogP contribution in [0.1, 0.15) is 17.5 Å². The van der Waals surface area contributed by atoms with Crippen LogP contribution < -0.4 is 10.6 Å². The van der Waals surface area contributed by atoms with E-state index in [1.165, 1.54) is 16.4 Å². The molecule has 2 N–H and O–H groups in total. The normalized spacial score (nSPS) is 22.9. The molecular weight excluding hydrogens is 470 g/mol. The van der Waals surface area contributed by atoms with Crippen LogP contribution in [-0.4, -0.2) is 80.1 Å². The van der Waals surface area contributed by atoms with E-state index < -0.39 is 40.0 Å². The minimum atomic E-state index is -3.70. The summed E-state index contributed by atoms with van der Waals surface area (Å²) in [5.74, 6) is -1.04. The number of hydrogen-bond donors (Lipinski definition) is 2. The molecular formula is C24H27N5O5S. The first-order chi connectivity index (χ1) is 16.7. The standard InChI is InChI=1S/C24H27N5O5S/c1-27-11-13-28(14-12-27)35(33,34)19-7-4-6-18(15-19)25-21(30)16-29-22(31)24(26-23(29)32)10-9-17-5-2-3-8-20(17)24/h2-8,15H,9-14,16H2,1H3,(H,25,30)(H,26,32). The first-order valence-electron chi connectivity index (χ1n) is 11.5. The summed E-state index contributed by atoms with van der Waals surface area (Å²) >= 11 is 0. The van der Waals surface area contributed by atoms with Gasteiger partial charge in [0.25, 0.3) is 5.91 Å². The van der Waals surface area contributed by atoms with Crippen molar-refractivity contribution in [3.05, 3.63) is 59.7 Å². The lowest BCUT2D eigenvalue weighted by Crippen LogP contribution is -2.47. The van der Waals surface area contributed by atoms with Crippen LogP contribution in [0.5, 0.6) is 0 Å². The van der Waals surface area contributed by atoms with Crippen molar-refractivity contribution in [2.45, 2.75) is 23.3 Å². The van der Waals surface area contributed by atoms with Crippen molar-refractivity contribution >= 4 is 33.6 Å². The van der Waals surface area contributed by atoms with E-state index in [0.29, 0.717) is 39.0 Å². The van der Waals surface area contributed by atoms with Gasteiger partial charge in [0.1, 0.15) is 12.1 Å². The number of sulfonamides is 1. The third-order valence-electron chi connectivity index (χ3n) is 6.94. The summed E-state index contributed by atoms with van der Waals surface area (Å²) in [5, 5.41) is 5.42. The molecule has 2 aromatic carbocycles. The molecule has 35 heavy (non-hydrogen) atoms. The molecule has 0 radical (unpaired) electrons. The van der Waals surface area contributed by atoms with E-state index in [1.54, 1.807) is 12.1 Å². The van der Waals surface area contributed by atoms with Crippen molar-refractivity contribution in [3.8, 4) is 0 Å². The van der Waals surface area contributed by atoms with Gasteiger partial charge in [0, 0.05) is 31.9 Å². The largest absolute Gasteiger partial charge is 0.325 e. The SMILES string of the molecule is CN1CCN(S(=O)(=O)c2cccc(NC(=O)CN3C(=O)NC4(CCc5ccccc54)C3=O)c2)CC1. The first kappa shape index (κ1) is 23.5. The Labute approximate surface area is 203 Å². The molecule has 5 rings (SSSR count). The zero-order valence-corrected chi connectivity index (χ0v) is 20.2. The zero-order chi connectivity index (χ0) is 24.8. The van der Waals surface area contributed by atoms with Crippen molar-refractivity contribution in [2.75, 3.05) is 45.1 Å². The van der Waals surface area contributed by atoms with Crippen molar-refractivity contribution < 1.29 is 22.8 Å². The number of nitrogens with zero attached hydrogens (tertiary/aromatic N) is 3. The Morgan fingerprint density at radius 1 is 1.06 bits per heavy atom. The Bertz CT molecular complexity index is 1300. The van der Waals surface area contributed by atoms with Crippen LogP contribution in [0.3, 0.4) is 0 Å². The van der Waals surface area contributed by atoms with Crippen LogP contribution in [0.4, 0.5) is 10.5 Å². The molecule has 1 spiro atoms. The molecule has 1 atom stereocenters. The molecule has 2 heterocycles. The van der Waals surface area contributed by atoms with Gasteiger partial charge in [-0.3, -0.25) is 14.5 Å². The lowest BCUT2D eigenvalue weighted by Gasteiger charge is -2.31. The van der Waals surface area contributed by atoms with Crippen LogP contribution in [0.25, 0.3) is 0 Å². The van der Waals surface area contributed by atoms with Gasteiger partial charge in [-0.15, -0.1) is 0 Å². The average molecular weight is 498 g/mol.